The highest BCUT2D eigenvalue weighted by molar-refractivity contribution is 5.91. The number of aromatic nitrogens is 2. The van der Waals surface area contributed by atoms with Crippen LogP contribution >= 0.6 is 0 Å². The van der Waals surface area contributed by atoms with E-state index >= 15 is 0 Å². The number of hydrogen-bond acceptors (Lipinski definition) is 5. The van der Waals surface area contributed by atoms with E-state index in [1.54, 1.807) is 21.9 Å². The van der Waals surface area contributed by atoms with E-state index < -0.39 is 0 Å². The maximum absolute atomic E-state index is 12.4. The molecule has 0 atom stereocenters. The maximum atomic E-state index is 12.4. The molecule has 0 N–H and O–H groups in total. The lowest BCUT2D eigenvalue weighted by Crippen LogP contribution is -2.51. The molecular formula is C17H20N4O4. The molecule has 25 heavy (non-hydrogen) atoms. The highest BCUT2D eigenvalue weighted by Gasteiger charge is 2.26. The van der Waals surface area contributed by atoms with Gasteiger partial charge in [-0.25, -0.2) is 4.98 Å². The fourth-order valence-corrected chi connectivity index (χ4v) is 2.74. The van der Waals surface area contributed by atoms with Gasteiger partial charge in [-0.2, -0.15) is 0 Å². The Morgan fingerprint density at radius 2 is 1.92 bits per heavy atom. The van der Waals surface area contributed by atoms with Crippen LogP contribution in [0.4, 0.5) is 0 Å². The summed E-state index contributed by atoms with van der Waals surface area (Å²) in [6, 6.07) is 4.75. The standard InChI is InChI=1S/C17H20N4O4/c1-2-13-10-15(22)21(12-18-13)11-16(23)19-5-7-20(8-6-19)17(24)14-4-3-9-25-14/h3-4,9-10,12H,2,5-8,11H2,1H3. The fourth-order valence-electron chi connectivity index (χ4n) is 2.74. The van der Waals surface area contributed by atoms with Gasteiger partial charge in [0.05, 0.1) is 12.6 Å². The van der Waals surface area contributed by atoms with Crippen LogP contribution in [0, 0.1) is 0 Å². The molecule has 1 aliphatic heterocycles. The summed E-state index contributed by atoms with van der Waals surface area (Å²) in [4.78, 5) is 44.0. The average molecular weight is 344 g/mol. The van der Waals surface area contributed by atoms with Crippen molar-refractivity contribution in [3.05, 3.63) is 52.6 Å². The second-order valence-corrected chi connectivity index (χ2v) is 5.85. The summed E-state index contributed by atoms with van der Waals surface area (Å²) >= 11 is 0. The minimum Gasteiger partial charge on any atom is -0.459 e. The first-order chi connectivity index (χ1) is 12.1. The zero-order valence-corrected chi connectivity index (χ0v) is 14.1. The molecule has 1 fully saturated rings. The second-order valence-electron chi connectivity index (χ2n) is 5.85. The molecular weight excluding hydrogens is 324 g/mol. The van der Waals surface area contributed by atoms with Gasteiger partial charge in [0.1, 0.15) is 6.54 Å². The van der Waals surface area contributed by atoms with Crippen molar-refractivity contribution >= 4 is 11.8 Å². The molecule has 3 heterocycles. The number of nitrogens with zero attached hydrogens (tertiary/aromatic N) is 4. The second kappa shape index (κ2) is 7.33. The van der Waals surface area contributed by atoms with Gasteiger partial charge in [-0.05, 0) is 18.6 Å². The Kier molecular flexibility index (Phi) is 4.97. The molecule has 0 aromatic carbocycles. The SMILES string of the molecule is CCc1cc(=O)n(CC(=O)N2CCN(C(=O)c3ccco3)CC2)cn1. The van der Waals surface area contributed by atoms with Gasteiger partial charge in [0.25, 0.3) is 11.5 Å². The Labute approximate surface area is 144 Å². The van der Waals surface area contributed by atoms with Crippen LogP contribution in [0.15, 0.2) is 40.0 Å². The van der Waals surface area contributed by atoms with Crippen molar-refractivity contribution in [2.75, 3.05) is 26.2 Å². The van der Waals surface area contributed by atoms with Crippen LogP contribution in [-0.4, -0.2) is 57.3 Å². The molecule has 1 aliphatic rings. The molecule has 0 spiro atoms. The minimum absolute atomic E-state index is 0.0397. The van der Waals surface area contributed by atoms with Crippen LogP contribution in [0.25, 0.3) is 0 Å². The predicted octanol–water partition coefficient (Wildman–Crippen LogP) is 0.383. The van der Waals surface area contributed by atoms with Crippen LogP contribution in [0.2, 0.25) is 0 Å². The Balaban J connectivity index is 1.57. The molecule has 3 rings (SSSR count). The van der Waals surface area contributed by atoms with E-state index in [0.29, 0.717) is 44.1 Å². The maximum Gasteiger partial charge on any atom is 0.289 e. The Hall–Kier alpha value is -2.90. The Morgan fingerprint density at radius 1 is 1.20 bits per heavy atom. The van der Waals surface area contributed by atoms with Gasteiger partial charge in [0, 0.05) is 37.9 Å². The van der Waals surface area contributed by atoms with Crippen molar-refractivity contribution in [3.63, 3.8) is 0 Å². The molecule has 0 bridgehead atoms. The van der Waals surface area contributed by atoms with E-state index in [-0.39, 0.29) is 23.9 Å². The van der Waals surface area contributed by atoms with E-state index in [2.05, 4.69) is 4.98 Å². The third-order valence-electron chi connectivity index (χ3n) is 4.26. The number of hydrogen-bond donors (Lipinski definition) is 0. The number of carbonyl (C=O) groups excluding carboxylic acids is 2. The number of carbonyl (C=O) groups is 2. The van der Waals surface area contributed by atoms with Gasteiger partial charge in [-0.15, -0.1) is 0 Å². The predicted molar refractivity (Wildman–Crippen MR) is 89.1 cm³/mol. The Bertz CT molecular complexity index is 804. The van der Waals surface area contributed by atoms with Crippen molar-refractivity contribution in [1.29, 1.82) is 0 Å². The van der Waals surface area contributed by atoms with Crippen molar-refractivity contribution in [2.45, 2.75) is 19.9 Å². The van der Waals surface area contributed by atoms with Crippen LogP contribution < -0.4 is 5.56 Å². The van der Waals surface area contributed by atoms with Gasteiger partial charge >= 0.3 is 0 Å². The fraction of sp³-hybridized carbons (Fsp3) is 0.412. The van der Waals surface area contributed by atoms with E-state index in [0.717, 1.165) is 0 Å². The van der Waals surface area contributed by atoms with Crippen molar-refractivity contribution in [2.24, 2.45) is 0 Å². The smallest absolute Gasteiger partial charge is 0.289 e. The zero-order chi connectivity index (χ0) is 17.8. The van der Waals surface area contributed by atoms with Gasteiger partial charge in [-0.3, -0.25) is 19.0 Å². The topological polar surface area (TPSA) is 88.7 Å². The first-order valence-corrected chi connectivity index (χ1v) is 8.24. The molecule has 0 unspecified atom stereocenters. The molecule has 2 aromatic heterocycles. The number of amides is 2. The first kappa shape index (κ1) is 16.9. The third-order valence-corrected chi connectivity index (χ3v) is 4.26. The highest BCUT2D eigenvalue weighted by Crippen LogP contribution is 2.09. The molecule has 2 amide bonds. The van der Waals surface area contributed by atoms with Gasteiger partial charge < -0.3 is 14.2 Å². The van der Waals surface area contributed by atoms with E-state index in [9.17, 15) is 14.4 Å². The summed E-state index contributed by atoms with van der Waals surface area (Å²) in [5, 5.41) is 0. The van der Waals surface area contributed by atoms with Gasteiger partial charge in [0.15, 0.2) is 5.76 Å². The number of furan rings is 1. The average Bonchev–Trinajstić information content (AvgIpc) is 3.17. The van der Waals surface area contributed by atoms with Crippen LogP contribution in [0.3, 0.4) is 0 Å². The molecule has 0 radical (unpaired) electrons. The quantitative estimate of drug-likeness (QED) is 0.800. The Morgan fingerprint density at radius 3 is 2.52 bits per heavy atom. The summed E-state index contributed by atoms with van der Waals surface area (Å²) in [5.74, 6) is -0.0284. The molecule has 2 aromatic rings. The largest absolute Gasteiger partial charge is 0.459 e. The van der Waals surface area contributed by atoms with Crippen LogP contribution in [0.5, 0.6) is 0 Å². The summed E-state index contributed by atoms with van der Waals surface area (Å²) in [6.07, 6.45) is 3.55. The molecule has 8 nitrogen and oxygen atoms in total. The molecule has 132 valence electrons. The lowest BCUT2D eigenvalue weighted by Gasteiger charge is -2.34. The monoisotopic (exact) mass is 344 g/mol. The lowest BCUT2D eigenvalue weighted by molar-refractivity contribution is -0.133. The zero-order valence-electron chi connectivity index (χ0n) is 14.1. The van der Waals surface area contributed by atoms with Gasteiger partial charge in [0.2, 0.25) is 5.91 Å². The third kappa shape index (κ3) is 3.78. The summed E-state index contributed by atoms with van der Waals surface area (Å²) in [5.41, 5.74) is 0.477. The summed E-state index contributed by atoms with van der Waals surface area (Å²) in [6.45, 7) is 3.62. The van der Waals surface area contributed by atoms with Crippen LogP contribution in [0.1, 0.15) is 23.2 Å². The van der Waals surface area contributed by atoms with E-state index in [1.807, 2.05) is 6.92 Å². The first-order valence-electron chi connectivity index (χ1n) is 8.24. The van der Waals surface area contributed by atoms with Crippen molar-refractivity contribution in [3.8, 4) is 0 Å². The molecule has 0 saturated carbocycles. The van der Waals surface area contributed by atoms with Crippen LogP contribution in [-0.2, 0) is 17.8 Å². The summed E-state index contributed by atoms with van der Waals surface area (Å²) in [7, 11) is 0. The number of piperazine rings is 1. The minimum atomic E-state index is -0.230. The van der Waals surface area contributed by atoms with E-state index in [4.69, 9.17) is 4.42 Å². The molecule has 0 aliphatic carbocycles. The lowest BCUT2D eigenvalue weighted by atomic mass is 10.2. The number of aryl methyl sites for hydroxylation is 1. The highest BCUT2D eigenvalue weighted by atomic mass is 16.3. The van der Waals surface area contributed by atoms with Crippen molar-refractivity contribution < 1.29 is 14.0 Å². The normalized spacial score (nSPS) is 14.6. The van der Waals surface area contributed by atoms with Crippen molar-refractivity contribution in [1.82, 2.24) is 19.4 Å². The number of rotatable bonds is 4. The summed E-state index contributed by atoms with van der Waals surface area (Å²) < 4.78 is 6.42. The molecule has 8 heteroatoms. The van der Waals surface area contributed by atoms with Gasteiger partial charge in [-0.1, -0.05) is 6.92 Å². The molecule has 1 saturated heterocycles. The van der Waals surface area contributed by atoms with E-state index in [1.165, 1.54) is 23.2 Å².